The van der Waals surface area contributed by atoms with Gasteiger partial charge in [0.25, 0.3) is 5.91 Å². The fourth-order valence-corrected chi connectivity index (χ4v) is 3.45. The number of carbonyl (C=O) groups excluding carboxylic acids is 1. The minimum absolute atomic E-state index is 0.228. The summed E-state index contributed by atoms with van der Waals surface area (Å²) in [6, 6.07) is 6.88. The van der Waals surface area contributed by atoms with Gasteiger partial charge in [0.1, 0.15) is 4.32 Å². The standard InChI is InChI=1S/C12H10ClNO4S3/c13-9-3-1-8(2-4-9)7-10-11(15)14(12(19)20-10)5-6-21(16,17)18/h1-4,7H,5-6H2,(H,16,17,18)/p-1/b10-7-. The molecule has 0 atom stereocenters. The molecule has 0 spiro atoms. The summed E-state index contributed by atoms with van der Waals surface area (Å²) < 4.78 is 32.1. The number of rotatable bonds is 4. The molecule has 1 aliphatic heterocycles. The van der Waals surface area contributed by atoms with Crippen molar-refractivity contribution in [3.63, 3.8) is 0 Å². The smallest absolute Gasteiger partial charge is 0.266 e. The van der Waals surface area contributed by atoms with Gasteiger partial charge >= 0.3 is 0 Å². The van der Waals surface area contributed by atoms with E-state index in [1.54, 1.807) is 30.3 Å². The zero-order valence-corrected chi connectivity index (χ0v) is 13.7. The minimum Gasteiger partial charge on any atom is -0.748 e. The molecule has 0 aromatic heterocycles. The van der Waals surface area contributed by atoms with Crippen LogP contribution in [0.5, 0.6) is 0 Å². The van der Waals surface area contributed by atoms with E-state index in [0.717, 1.165) is 22.2 Å². The van der Waals surface area contributed by atoms with Gasteiger partial charge in [-0.15, -0.1) is 0 Å². The molecule has 1 amide bonds. The highest BCUT2D eigenvalue weighted by atomic mass is 35.5. The van der Waals surface area contributed by atoms with Gasteiger partial charge in [-0.2, -0.15) is 0 Å². The van der Waals surface area contributed by atoms with Gasteiger partial charge in [-0.25, -0.2) is 8.42 Å². The van der Waals surface area contributed by atoms with Crippen LogP contribution in [0.15, 0.2) is 29.2 Å². The van der Waals surface area contributed by atoms with Crippen molar-refractivity contribution in [3.05, 3.63) is 39.8 Å². The Morgan fingerprint density at radius 2 is 1.95 bits per heavy atom. The maximum absolute atomic E-state index is 12.1. The molecule has 2 rings (SSSR count). The van der Waals surface area contributed by atoms with Gasteiger partial charge in [0.15, 0.2) is 0 Å². The Bertz CT molecular complexity index is 713. The van der Waals surface area contributed by atoms with E-state index in [1.807, 2.05) is 0 Å². The van der Waals surface area contributed by atoms with Crippen LogP contribution in [0, 0.1) is 0 Å². The molecule has 21 heavy (non-hydrogen) atoms. The van der Waals surface area contributed by atoms with Gasteiger partial charge in [-0.05, 0) is 23.8 Å². The van der Waals surface area contributed by atoms with Crippen LogP contribution in [-0.2, 0) is 14.9 Å². The molecule has 1 fully saturated rings. The highest BCUT2D eigenvalue weighted by Gasteiger charge is 2.31. The number of hydrogen-bond donors (Lipinski definition) is 0. The van der Waals surface area contributed by atoms with Crippen molar-refractivity contribution in [1.29, 1.82) is 0 Å². The average molecular weight is 363 g/mol. The summed E-state index contributed by atoms with van der Waals surface area (Å²) in [5.74, 6) is -1.06. The zero-order chi connectivity index (χ0) is 15.6. The van der Waals surface area contributed by atoms with Crippen molar-refractivity contribution in [2.45, 2.75) is 0 Å². The van der Waals surface area contributed by atoms with Crippen LogP contribution in [0.3, 0.4) is 0 Å². The number of benzene rings is 1. The predicted octanol–water partition coefficient (Wildman–Crippen LogP) is 2.09. The van der Waals surface area contributed by atoms with Crippen LogP contribution in [0.2, 0.25) is 5.02 Å². The van der Waals surface area contributed by atoms with Crippen LogP contribution in [0.1, 0.15) is 5.56 Å². The van der Waals surface area contributed by atoms with E-state index in [2.05, 4.69) is 0 Å². The van der Waals surface area contributed by atoms with Gasteiger partial charge < -0.3 is 4.55 Å². The fourth-order valence-electron chi connectivity index (χ4n) is 1.61. The van der Waals surface area contributed by atoms with Crippen molar-refractivity contribution in [2.75, 3.05) is 12.3 Å². The molecule has 0 radical (unpaired) electrons. The Labute approximate surface area is 136 Å². The number of halogens is 1. The molecule has 0 bridgehead atoms. The van der Waals surface area contributed by atoms with Crippen molar-refractivity contribution in [3.8, 4) is 0 Å². The van der Waals surface area contributed by atoms with Crippen LogP contribution >= 0.6 is 35.6 Å². The molecule has 0 unspecified atom stereocenters. The Morgan fingerprint density at radius 1 is 1.33 bits per heavy atom. The molecule has 1 saturated heterocycles. The number of hydrogen-bond acceptors (Lipinski definition) is 6. The molecule has 0 aliphatic carbocycles. The molecule has 1 aliphatic rings. The number of thioether (sulfide) groups is 1. The Balaban J connectivity index is 2.15. The van der Waals surface area contributed by atoms with Crippen LogP contribution < -0.4 is 0 Å². The predicted molar refractivity (Wildman–Crippen MR) is 85.9 cm³/mol. The van der Waals surface area contributed by atoms with Gasteiger partial charge in [-0.3, -0.25) is 9.69 Å². The van der Waals surface area contributed by atoms with E-state index in [-0.39, 0.29) is 10.9 Å². The largest absolute Gasteiger partial charge is 0.748 e. The molecule has 1 heterocycles. The minimum atomic E-state index is -4.39. The third-order valence-electron chi connectivity index (χ3n) is 2.61. The first-order valence-corrected chi connectivity index (χ1v) is 8.89. The van der Waals surface area contributed by atoms with Gasteiger partial charge in [0.05, 0.1) is 20.8 Å². The van der Waals surface area contributed by atoms with Crippen LogP contribution in [0.25, 0.3) is 6.08 Å². The number of amides is 1. The fraction of sp³-hybridized carbons (Fsp3) is 0.167. The highest BCUT2D eigenvalue weighted by molar-refractivity contribution is 8.26. The second kappa shape index (κ2) is 6.45. The molecule has 9 heteroatoms. The number of thiocarbonyl (C=S) groups is 1. The van der Waals surface area contributed by atoms with E-state index < -0.39 is 21.8 Å². The molecule has 1 aromatic carbocycles. The third-order valence-corrected chi connectivity index (χ3v) is 4.92. The van der Waals surface area contributed by atoms with Gasteiger partial charge in [0.2, 0.25) is 0 Å². The topological polar surface area (TPSA) is 77.5 Å². The Kier molecular flexibility index (Phi) is 5.05. The molecule has 0 N–H and O–H groups in total. The molecule has 0 saturated carbocycles. The molecular weight excluding hydrogens is 354 g/mol. The molecule has 112 valence electrons. The van der Waals surface area contributed by atoms with Crippen molar-refractivity contribution < 1.29 is 17.8 Å². The maximum atomic E-state index is 12.1. The van der Waals surface area contributed by atoms with Gasteiger partial charge in [0, 0.05) is 11.6 Å². The van der Waals surface area contributed by atoms with Gasteiger partial charge in [-0.1, -0.05) is 47.7 Å². The lowest BCUT2D eigenvalue weighted by Gasteiger charge is -2.15. The Morgan fingerprint density at radius 3 is 2.52 bits per heavy atom. The second-order valence-corrected chi connectivity index (χ2v) is 7.78. The summed E-state index contributed by atoms with van der Waals surface area (Å²) in [7, 11) is -4.39. The zero-order valence-electron chi connectivity index (χ0n) is 10.5. The Hall–Kier alpha value is -0.930. The van der Waals surface area contributed by atoms with E-state index >= 15 is 0 Å². The highest BCUT2D eigenvalue weighted by Crippen LogP contribution is 2.32. The summed E-state index contributed by atoms with van der Waals surface area (Å²) in [6.45, 7) is -0.228. The van der Waals surface area contributed by atoms with Crippen molar-refractivity contribution >= 4 is 62.0 Å². The SMILES string of the molecule is O=C1/C(=C/c2ccc(Cl)cc2)SC(=S)N1CCS(=O)(=O)[O-]. The van der Waals surface area contributed by atoms with Crippen molar-refractivity contribution in [1.82, 2.24) is 4.90 Å². The first-order valence-electron chi connectivity index (χ1n) is 5.71. The maximum Gasteiger partial charge on any atom is 0.266 e. The first kappa shape index (κ1) is 16.4. The van der Waals surface area contributed by atoms with E-state index in [1.165, 1.54) is 0 Å². The summed E-state index contributed by atoms with van der Waals surface area (Å²) in [4.78, 5) is 13.6. The van der Waals surface area contributed by atoms with E-state index in [0.29, 0.717) is 9.93 Å². The first-order chi connectivity index (χ1) is 9.76. The van der Waals surface area contributed by atoms with E-state index in [9.17, 15) is 17.8 Å². The number of carbonyl (C=O) groups is 1. The normalized spacial score (nSPS) is 17.8. The van der Waals surface area contributed by atoms with Crippen LogP contribution in [0.4, 0.5) is 0 Å². The molecule has 1 aromatic rings. The lowest BCUT2D eigenvalue weighted by molar-refractivity contribution is -0.121. The third kappa shape index (κ3) is 4.52. The molecular formula is C12H9ClNO4S3-. The summed E-state index contributed by atoms with van der Waals surface area (Å²) in [5, 5.41) is 0.584. The number of nitrogens with zero attached hydrogens (tertiary/aromatic N) is 1. The van der Waals surface area contributed by atoms with Crippen molar-refractivity contribution in [2.24, 2.45) is 0 Å². The summed E-state index contributed by atoms with van der Waals surface area (Å²) in [6.07, 6.45) is 1.64. The summed E-state index contributed by atoms with van der Waals surface area (Å²) >= 11 is 11.9. The monoisotopic (exact) mass is 362 g/mol. The second-order valence-electron chi connectivity index (χ2n) is 4.15. The summed E-state index contributed by atoms with van der Waals surface area (Å²) in [5.41, 5.74) is 0.774. The van der Waals surface area contributed by atoms with E-state index in [4.69, 9.17) is 23.8 Å². The molecule has 5 nitrogen and oxygen atoms in total. The van der Waals surface area contributed by atoms with Crippen LogP contribution in [-0.4, -0.2) is 40.4 Å². The average Bonchev–Trinajstić information content (AvgIpc) is 2.64. The quantitative estimate of drug-likeness (QED) is 0.463. The lowest BCUT2D eigenvalue weighted by Crippen LogP contribution is -2.32. The lowest BCUT2D eigenvalue weighted by atomic mass is 10.2.